The summed E-state index contributed by atoms with van der Waals surface area (Å²) in [5, 5.41) is 25.3. The molecular formula is C39H60N4O8. The molecule has 0 bridgehead atoms. The van der Waals surface area contributed by atoms with Crippen molar-refractivity contribution in [3.63, 3.8) is 0 Å². The molecule has 0 heterocycles. The van der Waals surface area contributed by atoms with Gasteiger partial charge in [-0.1, -0.05) is 49.6 Å². The van der Waals surface area contributed by atoms with Crippen LogP contribution in [0.15, 0.2) is 48.5 Å². The van der Waals surface area contributed by atoms with Gasteiger partial charge >= 0.3 is 12.2 Å². The normalized spacial score (nSPS) is 11.4. The number of carbonyl (C=O) groups is 4. The fourth-order valence-electron chi connectivity index (χ4n) is 5.18. The molecule has 4 amide bonds. The molecule has 12 nitrogen and oxygen atoms in total. The van der Waals surface area contributed by atoms with Gasteiger partial charge in [0.1, 0.15) is 22.7 Å². The standard InChI is InChI=1S/C39H60N4O8/c1-38(2,3)50-36(48)42(25-15-21-40-34(46)28-30-17-14-19-32(44)27-30)23-12-8-7-9-13-24-43(37(49)51-39(4,5)6)26-16-22-41-35(47)29-31-18-10-11-20-33(31)45/h10-11,14,17-20,27,44-45H,7-9,12-13,15-16,21-26,28-29H2,1-6H3,(H,40,46)(H,41,47). The Labute approximate surface area is 303 Å². The zero-order valence-electron chi connectivity index (χ0n) is 31.5. The minimum absolute atomic E-state index is 0.0821. The van der Waals surface area contributed by atoms with Gasteiger partial charge in [-0.3, -0.25) is 9.59 Å². The Balaban J connectivity index is 1.75. The van der Waals surface area contributed by atoms with Crippen molar-refractivity contribution in [2.45, 2.75) is 111 Å². The number of aromatic hydroxyl groups is 2. The monoisotopic (exact) mass is 712 g/mol. The molecule has 0 saturated carbocycles. The van der Waals surface area contributed by atoms with E-state index in [-0.39, 0.29) is 48.3 Å². The van der Waals surface area contributed by atoms with Crippen LogP contribution < -0.4 is 10.6 Å². The minimum Gasteiger partial charge on any atom is -0.508 e. The highest BCUT2D eigenvalue weighted by atomic mass is 16.6. The maximum atomic E-state index is 12.9. The Bertz CT molecular complexity index is 1390. The minimum atomic E-state index is -0.625. The van der Waals surface area contributed by atoms with Gasteiger partial charge in [0, 0.05) is 44.8 Å². The molecular weight excluding hydrogens is 652 g/mol. The fourth-order valence-corrected chi connectivity index (χ4v) is 5.18. The molecule has 0 fully saturated rings. The van der Waals surface area contributed by atoms with Crippen molar-refractivity contribution < 1.29 is 38.9 Å². The smallest absolute Gasteiger partial charge is 0.410 e. The van der Waals surface area contributed by atoms with E-state index in [0.717, 1.165) is 37.7 Å². The lowest BCUT2D eigenvalue weighted by atomic mass is 10.1. The van der Waals surface area contributed by atoms with Crippen LogP contribution in [0.5, 0.6) is 11.5 Å². The van der Waals surface area contributed by atoms with Gasteiger partial charge in [0.05, 0.1) is 12.8 Å². The number of benzene rings is 2. The maximum absolute atomic E-state index is 12.9. The second-order valence-electron chi connectivity index (χ2n) is 14.8. The Hall–Kier alpha value is -4.48. The number of para-hydroxylation sites is 1. The molecule has 284 valence electrons. The summed E-state index contributed by atoms with van der Waals surface area (Å²) in [5.74, 6) is -0.139. The molecule has 0 aliphatic carbocycles. The van der Waals surface area contributed by atoms with Gasteiger partial charge in [-0.2, -0.15) is 0 Å². The van der Waals surface area contributed by atoms with E-state index in [9.17, 15) is 29.4 Å². The van der Waals surface area contributed by atoms with Crippen LogP contribution in [0.3, 0.4) is 0 Å². The molecule has 12 heteroatoms. The van der Waals surface area contributed by atoms with Crippen LogP contribution >= 0.6 is 0 Å². The number of hydrogen-bond donors (Lipinski definition) is 4. The summed E-state index contributed by atoms with van der Waals surface area (Å²) < 4.78 is 11.2. The molecule has 51 heavy (non-hydrogen) atoms. The molecule has 0 atom stereocenters. The highest BCUT2D eigenvalue weighted by molar-refractivity contribution is 5.79. The van der Waals surface area contributed by atoms with Gasteiger partial charge in [-0.15, -0.1) is 0 Å². The van der Waals surface area contributed by atoms with E-state index in [2.05, 4.69) is 10.6 Å². The molecule has 0 saturated heterocycles. The number of unbranched alkanes of at least 4 members (excludes halogenated alkanes) is 4. The van der Waals surface area contributed by atoms with Crippen LogP contribution in [0.4, 0.5) is 9.59 Å². The summed E-state index contributed by atoms with van der Waals surface area (Å²) in [4.78, 5) is 53.9. The molecule has 2 rings (SSSR count). The Kier molecular flexibility index (Phi) is 18.1. The number of ether oxygens (including phenoxy) is 2. The maximum Gasteiger partial charge on any atom is 0.410 e. The second-order valence-corrected chi connectivity index (χ2v) is 14.8. The number of phenols is 2. The fraction of sp³-hybridized carbons (Fsp3) is 0.590. The number of nitrogens with one attached hydrogen (secondary N) is 2. The number of amides is 4. The zero-order valence-corrected chi connectivity index (χ0v) is 31.5. The average molecular weight is 713 g/mol. The van der Waals surface area contributed by atoms with Gasteiger partial charge in [0.15, 0.2) is 0 Å². The molecule has 0 unspecified atom stereocenters. The van der Waals surface area contributed by atoms with Crippen molar-refractivity contribution in [1.82, 2.24) is 20.4 Å². The predicted molar refractivity (Wildman–Crippen MR) is 198 cm³/mol. The third-order valence-electron chi connectivity index (χ3n) is 7.63. The third-order valence-corrected chi connectivity index (χ3v) is 7.63. The lowest BCUT2D eigenvalue weighted by Gasteiger charge is -2.28. The summed E-state index contributed by atoms with van der Waals surface area (Å²) >= 11 is 0. The number of hydrogen-bond acceptors (Lipinski definition) is 8. The van der Waals surface area contributed by atoms with Crippen molar-refractivity contribution in [1.29, 1.82) is 0 Å². The van der Waals surface area contributed by atoms with E-state index in [1.807, 2.05) is 41.5 Å². The summed E-state index contributed by atoms with van der Waals surface area (Å²) in [6, 6.07) is 13.3. The second kappa shape index (κ2) is 21.7. The predicted octanol–water partition coefficient (Wildman–Crippen LogP) is 6.32. The first-order valence-electron chi connectivity index (χ1n) is 18.1. The van der Waals surface area contributed by atoms with Crippen LogP contribution in [-0.2, 0) is 31.9 Å². The highest BCUT2D eigenvalue weighted by Gasteiger charge is 2.23. The first kappa shape index (κ1) is 42.7. The Morgan fingerprint density at radius 3 is 1.57 bits per heavy atom. The first-order valence-corrected chi connectivity index (χ1v) is 18.1. The van der Waals surface area contributed by atoms with Gasteiger partial charge in [0.2, 0.25) is 11.8 Å². The van der Waals surface area contributed by atoms with E-state index in [1.54, 1.807) is 58.3 Å². The first-order chi connectivity index (χ1) is 24.0. The molecule has 0 radical (unpaired) electrons. The topological polar surface area (TPSA) is 158 Å². The molecule has 0 spiro atoms. The van der Waals surface area contributed by atoms with Crippen LogP contribution in [0, 0.1) is 0 Å². The SMILES string of the molecule is CC(C)(C)OC(=O)N(CCCCCCCN(CCCNC(=O)Cc1ccccc1O)C(=O)OC(C)(C)C)CCCNC(=O)Cc1cccc(O)c1. The lowest BCUT2D eigenvalue weighted by molar-refractivity contribution is -0.121. The van der Waals surface area contributed by atoms with Crippen molar-refractivity contribution in [2.75, 3.05) is 39.3 Å². The zero-order chi connectivity index (χ0) is 37.9. The third kappa shape index (κ3) is 19.5. The van der Waals surface area contributed by atoms with Gasteiger partial charge in [-0.25, -0.2) is 9.59 Å². The highest BCUT2D eigenvalue weighted by Crippen LogP contribution is 2.17. The van der Waals surface area contributed by atoms with Gasteiger partial charge in [-0.05, 0) is 91.0 Å². The molecule has 0 aromatic heterocycles. The van der Waals surface area contributed by atoms with Crippen molar-refractivity contribution in [3.8, 4) is 11.5 Å². The van der Waals surface area contributed by atoms with Gasteiger partial charge < -0.3 is 40.1 Å². The van der Waals surface area contributed by atoms with Crippen LogP contribution in [0.1, 0.15) is 97.6 Å². The van der Waals surface area contributed by atoms with Crippen LogP contribution in [0.25, 0.3) is 0 Å². The van der Waals surface area contributed by atoms with E-state index in [1.165, 1.54) is 0 Å². The largest absolute Gasteiger partial charge is 0.508 e. The molecule has 0 aliphatic heterocycles. The number of phenolic OH excluding ortho intramolecular Hbond substituents is 2. The van der Waals surface area contributed by atoms with E-state index in [4.69, 9.17) is 9.47 Å². The van der Waals surface area contributed by atoms with E-state index < -0.39 is 11.2 Å². The summed E-state index contributed by atoms with van der Waals surface area (Å²) in [7, 11) is 0. The van der Waals surface area contributed by atoms with Crippen molar-refractivity contribution in [3.05, 3.63) is 59.7 Å². The number of rotatable bonds is 20. The molecule has 4 N–H and O–H groups in total. The van der Waals surface area contributed by atoms with Crippen molar-refractivity contribution in [2.24, 2.45) is 0 Å². The quantitative estimate of drug-likeness (QED) is 0.116. The number of nitrogens with zero attached hydrogens (tertiary/aromatic N) is 2. The van der Waals surface area contributed by atoms with Crippen molar-refractivity contribution >= 4 is 24.0 Å². The molecule has 0 aliphatic rings. The summed E-state index contributed by atoms with van der Waals surface area (Å²) in [6.07, 6.45) is 4.93. The number of carbonyl (C=O) groups excluding carboxylic acids is 4. The lowest BCUT2D eigenvalue weighted by Crippen LogP contribution is -2.39. The van der Waals surface area contributed by atoms with E-state index in [0.29, 0.717) is 57.7 Å². The Morgan fingerprint density at radius 1 is 0.608 bits per heavy atom. The van der Waals surface area contributed by atoms with Gasteiger partial charge in [0.25, 0.3) is 0 Å². The molecule has 2 aromatic carbocycles. The summed E-state index contributed by atoms with van der Waals surface area (Å²) in [5.41, 5.74) is 0.0398. The molecule has 2 aromatic rings. The van der Waals surface area contributed by atoms with Crippen LogP contribution in [0.2, 0.25) is 0 Å². The summed E-state index contributed by atoms with van der Waals surface area (Å²) in [6.45, 7) is 13.7. The average Bonchev–Trinajstić information content (AvgIpc) is 3.01. The van der Waals surface area contributed by atoms with E-state index >= 15 is 0 Å². The van der Waals surface area contributed by atoms with Crippen LogP contribution in [-0.4, -0.2) is 94.5 Å². The Morgan fingerprint density at radius 2 is 1.08 bits per heavy atom.